The van der Waals surface area contributed by atoms with Gasteiger partial charge in [-0.15, -0.1) is 11.3 Å². The molecule has 0 spiro atoms. The fourth-order valence-electron chi connectivity index (χ4n) is 4.04. The van der Waals surface area contributed by atoms with E-state index in [0.717, 1.165) is 4.88 Å². The molecule has 0 bridgehead atoms. The number of ketones is 1. The number of anilines is 1. The number of pyridine rings is 2. The highest BCUT2D eigenvalue weighted by molar-refractivity contribution is 7.16. The van der Waals surface area contributed by atoms with Gasteiger partial charge in [0, 0.05) is 62.6 Å². The average molecular weight is 592 g/mol. The first-order valence-corrected chi connectivity index (χ1v) is 14.6. The SMILES string of the molecule is CC(C)(C)C(=O)n1nc(-c2cc(-c3cccnc3)c(=O)n(CC(=O)c3ccsc3)c2)cc1NCc1ccc(Cl)s1. The van der Waals surface area contributed by atoms with Crippen molar-refractivity contribution in [3.8, 4) is 22.4 Å². The van der Waals surface area contributed by atoms with Crippen molar-refractivity contribution >= 4 is 51.8 Å². The van der Waals surface area contributed by atoms with Crippen molar-refractivity contribution in [2.24, 2.45) is 5.41 Å². The lowest BCUT2D eigenvalue weighted by Gasteiger charge is -2.18. The maximum Gasteiger partial charge on any atom is 0.258 e. The van der Waals surface area contributed by atoms with E-state index in [2.05, 4.69) is 15.4 Å². The number of aromatic nitrogens is 4. The molecule has 8 nitrogen and oxygen atoms in total. The Morgan fingerprint density at radius 1 is 1.10 bits per heavy atom. The summed E-state index contributed by atoms with van der Waals surface area (Å²) in [6, 6.07) is 12.5. The highest BCUT2D eigenvalue weighted by Crippen LogP contribution is 2.29. The van der Waals surface area contributed by atoms with E-state index in [1.54, 1.807) is 54.3 Å². The minimum Gasteiger partial charge on any atom is -0.365 e. The topological polar surface area (TPSA) is 98.9 Å². The van der Waals surface area contributed by atoms with Crippen LogP contribution >= 0.6 is 34.3 Å². The van der Waals surface area contributed by atoms with E-state index in [9.17, 15) is 14.4 Å². The summed E-state index contributed by atoms with van der Waals surface area (Å²) in [7, 11) is 0. The van der Waals surface area contributed by atoms with E-state index in [-0.39, 0.29) is 23.8 Å². The largest absolute Gasteiger partial charge is 0.365 e. The Hall–Kier alpha value is -3.86. The number of thiophene rings is 2. The Kier molecular flexibility index (Phi) is 7.84. The Labute approximate surface area is 243 Å². The number of Topliss-reactive ketones (excluding diaryl/α,β-unsaturated/α-hetero) is 1. The third-order valence-electron chi connectivity index (χ3n) is 6.13. The van der Waals surface area contributed by atoms with Crippen LogP contribution < -0.4 is 10.9 Å². The van der Waals surface area contributed by atoms with Crippen LogP contribution in [-0.4, -0.2) is 31.0 Å². The number of rotatable bonds is 8. The Balaban J connectivity index is 1.60. The summed E-state index contributed by atoms with van der Waals surface area (Å²) < 4.78 is 3.43. The van der Waals surface area contributed by atoms with Crippen LogP contribution in [0.15, 0.2) is 76.6 Å². The molecular weight excluding hydrogens is 566 g/mol. The predicted molar refractivity (Wildman–Crippen MR) is 161 cm³/mol. The van der Waals surface area contributed by atoms with Crippen LogP contribution in [0.5, 0.6) is 0 Å². The van der Waals surface area contributed by atoms with E-state index in [0.29, 0.717) is 44.6 Å². The van der Waals surface area contributed by atoms with Gasteiger partial charge in [-0.2, -0.15) is 21.1 Å². The molecule has 204 valence electrons. The number of nitrogens with one attached hydrogen (secondary N) is 1. The third kappa shape index (κ3) is 5.99. The second-order valence-corrected chi connectivity index (χ2v) is 12.8. The molecule has 0 aliphatic rings. The monoisotopic (exact) mass is 591 g/mol. The average Bonchev–Trinajstić information content (AvgIpc) is 3.69. The molecule has 0 unspecified atom stereocenters. The smallest absolute Gasteiger partial charge is 0.258 e. The van der Waals surface area contributed by atoms with E-state index in [4.69, 9.17) is 11.6 Å². The summed E-state index contributed by atoms with van der Waals surface area (Å²) in [6.07, 6.45) is 4.85. The van der Waals surface area contributed by atoms with Gasteiger partial charge in [-0.05, 0) is 35.7 Å². The zero-order valence-electron chi connectivity index (χ0n) is 22.1. The van der Waals surface area contributed by atoms with Crippen LogP contribution in [0.25, 0.3) is 22.4 Å². The van der Waals surface area contributed by atoms with Gasteiger partial charge in [0.15, 0.2) is 5.78 Å². The summed E-state index contributed by atoms with van der Waals surface area (Å²) in [5.41, 5.74) is 1.58. The Morgan fingerprint density at radius 2 is 1.93 bits per heavy atom. The van der Waals surface area contributed by atoms with Crippen molar-refractivity contribution in [3.63, 3.8) is 0 Å². The van der Waals surface area contributed by atoms with Gasteiger partial charge in [-0.25, -0.2) is 0 Å². The van der Waals surface area contributed by atoms with Crippen molar-refractivity contribution in [3.05, 3.63) is 96.9 Å². The molecule has 40 heavy (non-hydrogen) atoms. The molecular formula is C29H26ClN5O3S2. The summed E-state index contributed by atoms with van der Waals surface area (Å²) in [5, 5.41) is 11.6. The normalized spacial score (nSPS) is 11.5. The lowest BCUT2D eigenvalue weighted by Crippen LogP contribution is -2.29. The predicted octanol–water partition coefficient (Wildman–Crippen LogP) is 6.73. The van der Waals surface area contributed by atoms with E-state index in [1.165, 1.54) is 31.9 Å². The van der Waals surface area contributed by atoms with Gasteiger partial charge in [-0.1, -0.05) is 38.4 Å². The number of halogens is 1. The van der Waals surface area contributed by atoms with Gasteiger partial charge in [-0.3, -0.25) is 19.4 Å². The second kappa shape index (κ2) is 11.3. The number of carbonyl (C=O) groups is 2. The summed E-state index contributed by atoms with van der Waals surface area (Å²) >= 11 is 8.96. The maximum absolute atomic E-state index is 13.5. The minimum atomic E-state index is -0.696. The van der Waals surface area contributed by atoms with E-state index < -0.39 is 5.41 Å². The lowest BCUT2D eigenvalue weighted by atomic mass is 9.96. The van der Waals surface area contributed by atoms with Crippen LogP contribution in [0.3, 0.4) is 0 Å². The van der Waals surface area contributed by atoms with Crippen LogP contribution in [0.4, 0.5) is 5.82 Å². The molecule has 0 saturated carbocycles. The molecule has 5 heterocycles. The summed E-state index contributed by atoms with van der Waals surface area (Å²) in [4.78, 5) is 45.0. The van der Waals surface area contributed by atoms with Crippen LogP contribution in [0, 0.1) is 5.41 Å². The summed E-state index contributed by atoms with van der Waals surface area (Å²) in [5.74, 6) is 0.136. The first-order valence-electron chi connectivity index (χ1n) is 12.4. The molecule has 0 radical (unpaired) electrons. The highest BCUT2D eigenvalue weighted by Gasteiger charge is 2.27. The number of hydrogen-bond donors (Lipinski definition) is 1. The quantitative estimate of drug-likeness (QED) is 0.201. The molecule has 0 aromatic carbocycles. The molecule has 5 rings (SSSR count). The van der Waals surface area contributed by atoms with Crippen molar-refractivity contribution in [2.45, 2.75) is 33.9 Å². The van der Waals surface area contributed by atoms with Crippen LogP contribution in [0.2, 0.25) is 4.34 Å². The van der Waals surface area contributed by atoms with Gasteiger partial charge in [0.05, 0.1) is 23.1 Å². The van der Waals surface area contributed by atoms with Gasteiger partial charge in [0.1, 0.15) is 5.82 Å². The van der Waals surface area contributed by atoms with Crippen LogP contribution in [0.1, 0.15) is 40.8 Å². The zero-order chi connectivity index (χ0) is 28.4. The van der Waals surface area contributed by atoms with Crippen molar-refractivity contribution in [2.75, 3.05) is 5.32 Å². The molecule has 0 fully saturated rings. The molecule has 5 aromatic heterocycles. The van der Waals surface area contributed by atoms with Crippen molar-refractivity contribution in [1.82, 2.24) is 19.3 Å². The molecule has 0 aliphatic carbocycles. The van der Waals surface area contributed by atoms with Gasteiger partial charge in [0.2, 0.25) is 0 Å². The number of carbonyl (C=O) groups excluding carboxylic acids is 2. The van der Waals surface area contributed by atoms with Gasteiger partial charge < -0.3 is 9.88 Å². The first-order chi connectivity index (χ1) is 19.1. The molecule has 1 N–H and O–H groups in total. The molecule has 0 saturated heterocycles. The standard InChI is InChI=1S/C29H26ClN5O3S2/c1-29(2,3)28(38)35-26(32-14-21-6-7-25(30)40-21)12-23(33-35)20-11-22(18-5-4-9-31-13-18)27(37)34(15-20)16-24(36)19-8-10-39-17-19/h4-13,15,17,32H,14,16H2,1-3H3. The maximum atomic E-state index is 13.5. The van der Waals surface area contributed by atoms with Gasteiger partial charge in [0.25, 0.3) is 11.5 Å². The molecule has 0 aliphatic heterocycles. The lowest BCUT2D eigenvalue weighted by molar-refractivity contribution is 0.0752. The van der Waals surface area contributed by atoms with Crippen molar-refractivity contribution < 1.29 is 9.59 Å². The first kappa shape index (κ1) is 27.7. The Morgan fingerprint density at radius 3 is 2.58 bits per heavy atom. The molecule has 11 heteroatoms. The summed E-state index contributed by atoms with van der Waals surface area (Å²) in [6.45, 7) is 5.81. The second-order valence-electron chi connectivity index (χ2n) is 10.2. The highest BCUT2D eigenvalue weighted by atomic mass is 35.5. The third-order valence-corrected chi connectivity index (χ3v) is 8.04. The van der Waals surface area contributed by atoms with Crippen LogP contribution in [-0.2, 0) is 13.1 Å². The fourth-order valence-corrected chi connectivity index (χ4v) is 5.72. The minimum absolute atomic E-state index is 0.136. The number of nitrogens with zero attached hydrogens (tertiary/aromatic N) is 4. The zero-order valence-corrected chi connectivity index (χ0v) is 24.4. The van der Waals surface area contributed by atoms with E-state index in [1.807, 2.05) is 38.3 Å². The van der Waals surface area contributed by atoms with Gasteiger partial charge >= 0.3 is 0 Å². The molecule has 0 atom stereocenters. The number of hydrogen-bond acceptors (Lipinski definition) is 8. The fraction of sp³-hybridized carbons (Fsp3) is 0.207. The molecule has 0 amide bonds. The van der Waals surface area contributed by atoms with E-state index >= 15 is 0 Å². The molecule has 5 aromatic rings. The van der Waals surface area contributed by atoms with Crippen molar-refractivity contribution in [1.29, 1.82) is 0 Å². The Bertz CT molecular complexity index is 1730.